The number of carbonyl (C=O) groups is 2. The summed E-state index contributed by atoms with van der Waals surface area (Å²) in [7, 11) is 0. The Balaban J connectivity index is 1.97. The molecule has 0 bridgehead atoms. The van der Waals surface area contributed by atoms with Crippen LogP contribution in [0.15, 0.2) is 24.3 Å². The third-order valence-electron chi connectivity index (χ3n) is 2.72. The van der Waals surface area contributed by atoms with Crippen molar-refractivity contribution in [2.75, 3.05) is 13.1 Å². The second-order valence-corrected chi connectivity index (χ2v) is 4.48. The number of para-hydroxylation sites is 1. The van der Waals surface area contributed by atoms with Gasteiger partial charge in [-0.3, -0.25) is 9.59 Å². The molecule has 3 N–H and O–H groups in total. The number of halogens is 1. The number of hydrogen-bond donors (Lipinski definition) is 3. The maximum atomic E-state index is 11.9. The van der Waals surface area contributed by atoms with Crippen molar-refractivity contribution in [2.24, 2.45) is 0 Å². The molecular weight excluding hydrogens is 266 g/mol. The Kier molecular flexibility index (Phi) is 4.41. The summed E-state index contributed by atoms with van der Waals surface area (Å²) < 4.78 is 0. The highest BCUT2D eigenvalue weighted by Crippen LogP contribution is 2.23. The van der Waals surface area contributed by atoms with E-state index in [4.69, 9.17) is 11.6 Å². The molecule has 1 heterocycles. The summed E-state index contributed by atoms with van der Waals surface area (Å²) in [5.74, 6) is -0.182. The zero-order chi connectivity index (χ0) is 13.7. The molecule has 0 atom stereocenters. The Bertz CT molecular complexity index is 595. The summed E-state index contributed by atoms with van der Waals surface area (Å²) >= 11 is 6.03. The van der Waals surface area contributed by atoms with Crippen LogP contribution >= 0.6 is 11.6 Å². The zero-order valence-electron chi connectivity index (χ0n) is 10.2. The van der Waals surface area contributed by atoms with Crippen molar-refractivity contribution < 1.29 is 9.59 Å². The average Bonchev–Trinajstić information content (AvgIpc) is 2.84. The first-order valence-corrected chi connectivity index (χ1v) is 6.32. The van der Waals surface area contributed by atoms with Crippen LogP contribution in [0.5, 0.6) is 0 Å². The van der Waals surface area contributed by atoms with E-state index in [-0.39, 0.29) is 5.91 Å². The number of nitrogens with one attached hydrogen (secondary N) is 3. The molecule has 0 aliphatic heterocycles. The van der Waals surface area contributed by atoms with Gasteiger partial charge in [-0.15, -0.1) is 0 Å². The summed E-state index contributed by atoms with van der Waals surface area (Å²) in [6.07, 6.45) is 1.33. The zero-order valence-corrected chi connectivity index (χ0v) is 11.0. The number of benzene rings is 1. The summed E-state index contributed by atoms with van der Waals surface area (Å²) in [4.78, 5) is 24.9. The predicted molar refractivity (Wildman–Crippen MR) is 74.3 cm³/mol. The standard InChI is InChI=1S/C13H14ClN3O2/c14-10-4-1-3-9-7-11(17-12(9)10)13(19)16-6-2-5-15-8-18/h1,3-4,7-8,17H,2,5-6H2,(H,15,18)(H,16,19). The van der Waals surface area contributed by atoms with Gasteiger partial charge < -0.3 is 15.6 Å². The SMILES string of the molecule is O=CNCCCNC(=O)c1cc2cccc(Cl)c2[nH]1. The summed E-state index contributed by atoms with van der Waals surface area (Å²) in [6, 6.07) is 7.27. The van der Waals surface area contributed by atoms with Crippen molar-refractivity contribution >= 4 is 34.8 Å². The molecule has 0 saturated heterocycles. The van der Waals surface area contributed by atoms with E-state index in [1.165, 1.54) is 0 Å². The number of fused-ring (bicyclic) bond motifs is 1. The number of hydrogen-bond acceptors (Lipinski definition) is 2. The van der Waals surface area contributed by atoms with Crippen LogP contribution in [0.4, 0.5) is 0 Å². The first-order valence-electron chi connectivity index (χ1n) is 5.95. The van der Waals surface area contributed by atoms with Crippen LogP contribution in [-0.2, 0) is 4.79 Å². The Morgan fingerprint density at radius 3 is 2.95 bits per heavy atom. The van der Waals surface area contributed by atoms with E-state index in [0.717, 1.165) is 10.9 Å². The van der Waals surface area contributed by atoms with Gasteiger partial charge in [0, 0.05) is 18.5 Å². The Morgan fingerprint density at radius 1 is 1.37 bits per heavy atom. The van der Waals surface area contributed by atoms with Gasteiger partial charge in [0.25, 0.3) is 5.91 Å². The summed E-state index contributed by atoms with van der Waals surface area (Å²) in [5.41, 5.74) is 1.24. The molecule has 2 aromatic rings. The lowest BCUT2D eigenvalue weighted by molar-refractivity contribution is -0.109. The van der Waals surface area contributed by atoms with Gasteiger partial charge in [0.1, 0.15) is 5.69 Å². The van der Waals surface area contributed by atoms with Crippen LogP contribution in [0.3, 0.4) is 0 Å². The van der Waals surface area contributed by atoms with Crippen LogP contribution in [0, 0.1) is 0 Å². The lowest BCUT2D eigenvalue weighted by Crippen LogP contribution is -2.27. The van der Waals surface area contributed by atoms with Gasteiger partial charge in [0.15, 0.2) is 0 Å². The molecule has 100 valence electrons. The molecule has 0 aliphatic carbocycles. The summed E-state index contributed by atoms with van der Waals surface area (Å²) in [5, 5.41) is 6.80. The van der Waals surface area contributed by atoms with Gasteiger partial charge >= 0.3 is 0 Å². The molecule has 2 amide bonds. The fourth-order valence-corrected chi connectivity index (χ4v) is 2.02. The molecule has 1 aromatic carbocycles. The fourth-order valence-electron chi connectivity index (χ4n) is 1.79. The number of rotatable bonds is 6. The van der Waals surface area contributed by atoms with E-state index in [9.17, 15) is 9.59 Å². The lowest BCUT2D eigenvalue weighted by atomic mass is 10.2. The van der Waals surface area contributed by atoms with Crippen molar-refractivity contribution in [1.82, 2.24) is 15.6 Å². The highest BCUT2D eigenvalue weighted by Gasteiger charge is 2.10. The molecule has 0 aliphatic rings. The molecule has 2 rings (SSSR count). The van der Waals surface area contributed by atoms with Crippen LogP contribution in [0.2, 0.25) is 5.02 Å². The first kappa shape index (κ1) is 13.4. The van der Waals surface area contributed by atoms with Crippen molar-refractivity contribution in [3.8, 4) is 0 Å². The predicted octanol–water partition coefficient (Wildman–Crippen LogP) is 1.69. The second-order valence-electron chi connectivity index (χ2n) is 4.07. The number of carbonyl (C=O) groups excluding carboxylic acids is 2. The van der Waals surface area contributed by atoms with E-state index >= 15 is 0 Å². The number of aromatic amines is 1. The molecule has 6 heteroatoms. The van der Waals surface area contributed by atoms with Gasteiger partial charge in [-0.2, -0.15) is 0 Å². The molecule has 5 nitrogen and oxygen atoms in total. The smallest absolute Gasteiger partial charge is 0.267 e. The van der Waals surface area contributed by atoms with Crippen molar-refractivity contribution in [1.29, 1.82) is 0 Å². The second kappa shape index (κ2) is 6.24. The maximum Gasteiger partial charge on any atom is 0.267 e. The van der Waals surface area contributed by atoms with Crippen LogP contribution < -0.4 is 10.6 Å². The quantitative estimate of drug-likeness (QED) is 0.556. The van der Waals surface area contributed by atoms with Gasteiger partial charge in [0.05, 0.1) is 10.5 Å². The van der Waals surface area contributed by atoms with Gasteiger partial charge in [-0.05, 0) is 18.6 Å². The monoisotopic (exact) mass is 279 g/mol. The van der Waals surface area contributed by atoms with E-state index in [2.05, 4.69) is 15.6 Å². The Labute approximate surface area is 115 Å². The number of amides is 2. The third kappa shape index (κ3) is 3.26. The Hall–Kier alpha value is -2.01. The van der Waals surface area contributed by atoms with E-state index in [1.54, 1.807) is 12.1 Å². The van der Waals surface area contributed by atoms with E-state index in [0.29, 0.717) is 36.6 Å². The number of H-pyrrole nitrogens is 1. The maximum absolute atomic E-state index is 11.9. The topological polar surface area (TPSA) is 74.0 Å². The van der Waals surface area contributed by atoms with Crippen molar-refractivity contribution in [2.45, 2.75) is 6.42 Å². The Morgan fingerprint density at radius 2 is 2.21 bits per heavy atom. The van der Waals surface area contributed by atoms with Crippen LogP contribution in [0.25, 0.3) is 10.9 Å². The lowest BCUT2D eigenvalue weighted by Gasteiger charge is -2.02. The minimum absolute atomic E-state index is 0.182. The van der Waals surface area contributed by atoms with Crippen molar-refractivity contribution in [3.05, 3.63) is 35.0 Å². The van der Waals surface area contributed by atoms with Crippen LogP contribution in [-0.4, -0.2) is 30.4 Å². The first-order chi connectivity index (χ1) is 9.22. The molecule has 0 saturated carbocycles. The molecular formula is C13H14ClN3O2. The summed E-state index contributed by atoms with van der Waals surface area (Å²) in [6.45, 7) is 1.05. The van der Waals surface area contributed by atoms with Gasteiger partial charge in [-0.1, -0.05) is 23.7 Å². The molecule has 0 spiro atoms. The van der Waals surface area contributed by atoms with Gasteiger partial charge in [-0.25, -0.2) is 0 Å². The molecule has 0 radical (unpaired) electrons. The normalized spacial score (nSPS) is 10.4. The largest absolute Gasteiger partial charge is 0.359 e. The fraction of sp³-hybridized carbons (Fsp3) is 0.231. The number of aromatic nitrogens is 1. The van der Waals surface area contributed by atoms with E-state index in [1.807, 2.05) is 12.1 Å². The van der Waals surface area contributed by atoms with Crippen LogP contribution in [0.1, 0.15) is 16.9 Å². The molecule has 0 fully saturated rings. The third-order valence-corrected chi connectivity index (χ3v) is 3.03. The average molecular weight is 280 g/mol. The minimum Gasteiger partial charge on any atom is -0.359 e. The minimum atomic E-state index is -0.182. The van der Waals surface area contributed by atoms with Crippen molar-refractivity contribution in [3.63, 3.8) is 0 Å². The molecule has 19 heavy (non-hydrogen) atoms. The van der Waals surface area contributed by atoms with Gasteiger partial charge in [0.2, 0.25) is 6.41 Å². The molecule has 1 aromatic heterocycles. The highest BCUT2D eigenvalue weighted by molar-refractivity contribution is 6.35. The van der Waals surface area contributed by atoms with E-state index < -0.39 is 0 Å². The highest BCUT2D eigenvalue weighted by atomic mass is 35.5. The molecule has 0 unspecified atom stereocenters.